The zero-order chi connectivity index (χ0) is 26.4. The van der Waals surface area contributed by atoms with Crippen molar-refractivity contribution in [3.8, 4) is 0 Å². The summed E-state index contributed by atoms with van der Waals surface area (Å²) in [5.74, 6) is -2.43. The summed E-state index contributed by atoms with van der Waals surface area (Å²) < 4.78 is 4.00. The fourth-order valence-corrected chi connectivity index (χ4v) is 8.66. The fourth-order valence-electron chi connectivity index (χ4n) is 6.40. The first kappa shape index (κ1) is 26.3. The van der Waals surface area contributed by atoms with Crippen molar-refractivity contribution in [3.05, 3.63) is 53.6 Å². The van der Waals surface area contributed by atoms with Crippen LogP contribution in [0.1, 0.15) is 39.5 Å². The van der Waals surface area contributed by atoms with Crippen LogP contribution in [-0.2, 0) is 19.1 Å². The molecule has 1 N–H and O–H groups in total. The van der Waals surface area contributed by atoms with E-state index in [2.05, 4.69) is 6.08 Å². The molecule has 1 unspecified atom stereocenters. The second-order valence-electron chi connectivity index (χ2n) is 10.4. The van der Waals surface area contributed by atoms with Crippen molar-refractivity contribution in [3.63, 3.8) is 0 Å². The molecule has 0 aromatic heterocycles. The molecule has 9 heteroatoms. The van der Waals surface area contributed by atoms with E-state index in [1.54, 1.807) is 34.1 Å². The summed E-state index contributed by atoms with van der Waals surface area (Å²) in [6, 6.07) is 5.63. The minimum absolute atomic E-state index is 0.229. The molecule has 1 spiro atoms. The molecule has 0 saturated carbocycles. The van der Waals surface area contributed by atoms with E-state index < -0.39 is 39.4 Å². The quantitative estimate of drug-likeness (QED) is 0.456. The van der Waals surface area contributed by atoms with Crippen LogP contribution in [0.2, 0.25) is 5.02 Å². The molecule has 7 nitrogen and oxygen atoms in total. The van der Waals surface area contributed by atoms with Gasteiger partial charge in [0.2, 0.25) is 5.91 Å². The molecule has 4 aliphatic heterocycles. The lowest BCUT2D eigenvalue weighted by Crippen LogP contribution is -2.56. The number of carbonyl (C=O) groups excluding carboxylic acids is 3. The number of anilines is 1. The number of thioether (sulfide) groups is 1. The van der Waals surface area contributed by atoms with Crippen molar-refractivity contribution in [1.29, 1.82) is 0 Å². The van der Waals surface area contributed by atoms with Crippen molar-refractivity contribution in [1.82, 2.24) is 4.90 Å². The molecule has 4 heterocycles. The molecule has 1 aromatic rings. The molecule has 1 aromatic carbocycles. The number of allylic oxidation sites excluding steroid dienone is 1. The van der Waals surface area contributed by atoms with Crippen LogP contribution in [-0.4, -0.2) is 69.1 Å². The maximum absolute atomic E-state index is 14.4. The van der Waals surface area contributed by atoms with Crippen molar-refractivity contribution in [2.24, 2.45) is 11.8 Å². The predicted octanol–water partition coefficient (Wildman–Crippen LogP) is 3.98. The minimum Gasteiger partial charge on any atom is -0.465 e. The maximum Gasteiger partial charge on any atom is 0.311 e. The number of fused-ring (bicyclic) bond motifs is 2. The molecule has 5 rings (SSSR count). The number of esters is 1. The van der Waals surface area contributed by atoms with Crippen LogP contribution in [0.25, 0.3) is 0 Å². The number of amides is 2. The van der Waals surface area contributed by atoms with Crippen LogP contribution in [0.4, 0.5) is 5.69 Å². The van der Waals surface area contributed by atoms with E-state index in [0.29, 0.717) is 30.3 Å². The zero-order valence-electron chi connectivity index (χ0n) is 21.1. The van der Waals surface area contributed by atoms with E-state index in [4.69, 9.17) is 16.3 Å². The molecule has 0 bridgehead atoms. The van der Waals surface area contributed by atoms with Gasteiger partial charge in [-0.2, -0.15) is 0 Å². The number of hydrogen-bond acceptors (Lipinski definition) is 6. The summed E-state index contributed by atoms with van der Waals surface area (Å²) in [6.45, 7) is 4.24. The van der Waals surface area contributed by atoms with E-state index >= 15 is 0 Å². The van der Waals surface area contributed by atoms with E-state index in [1.807, 2.05) is 32.1 Å². The van der Waals surface area contributed by atoms with Gasteiger partial charge in [-0.3, -0.25) is 14.4 Å². The van der Waals surface area contributed by atoms with Crippen molar-refractivity contribution < 1.29 is 24.2 Å². The number of cyclic esters (lactones) is 1. The summed E-state index contributed by atoms with van der Waals surface area (Å²) in [7, 11) is 0. The molecular formula is C28H33ClN2O5S. The number of hydrogen-bond donors (Lipinski definition) is 1. The Hall–Kier alpha value is -2.29. The molecule has 6 atom stereocenters. The lowest BCUT2D eigenvalue weighted by Gasteiger charge is -2.39. The van der Waals surface area contributed by atoms with Crippen LogP contribution in [0.3, 0.4) is 0 Å². The highest BCUT2D eigenvalue weighted by Crippen LogP contribution is 2.65. The Balaban J connectivity index is 1.67. The first-order chi connectivity index (χ1) is 17.8. The number of benzene rings is 1. The van der Waals surface area contributed by atoms with Gasteiger partial charge < -0.3 is 19.6 Å². The molecule has 198 valence electrons. The highest BCUT2D eigenvalue weighted by Gasteiger charge is 2.74. The molecule has 0 aliphatic carbocycles. The molecule has 37 heavy (non-hydrogen) atoms. The summed E-state index contributed by atoms with van der Waals surface area (Å²) in [6.07, 6.45) is 11.1. The van der Waals surface area contributed by atoms with Gasteiger partial charge in [0, 0.05) is 22.0 Å². The Bertz CT molecular complexity index is 1140. The Labute approximate surface area is 226 Å². The number of aliphatic hydroxyl groups is 1. The van der Waals surface area contributed by atoms with Gasteiger partial charge in [-0.05, 0) is 56.9 Å². The number of halogens is 1. The highest BCUT2D eigenvalue weighted by atomic mass is 35.5. The third kappa shape index (κ3) is 4.21. The molecule has 0 radical (unpaired) electrons. The summed E-state index contributed by atoms with van der Waals surface area (Å²) >= 11 is 7.62. The lowest BCUT2D eigenvalue weighted by molar-refractivity contribution is -0.154. The van der Waals surface area contributed by atoms with E-state index in [1.165, 1.54) is 11.8 Å². The van der Waals surface area contributed by atoms with E-state index in [-0.39, 0.29) is 18.4 Å². The average Bonchev–Trinajstić information content (AvgIpc) is 3.21. The summed E-state index contributed by atoms with van der Waals surface area (Å²) in [5.41, 5.74) is 0.677. The average molecular weight is 545 g/mol. The fraction of sp³-hybridized carbons (Fsp3) is 0.536. The van der Waals surface area contributed by atoms with Gasteiger partial charge in [0.25, 0.3) is 5.91 Å². The first-order valence-corrected chi connectivity index (χ1v) is 14.2. The van der Waals surface area contributed by atoms with Crippen LogP contribution >= 0.6 is 23.4 Å². The van der Waals surface area contributed by atoms with Gasteiger partial charge in [-0.25, -0.2) is 0 Å². The minimum atomic E-state index is -0.977. The predicted molar refractivity (Wildman–Crippen MR) is 144 cm³/mol. The Morgan fingerprint density at radius 2 is 1.86 bits per heavy atom. The van der Waals surface area contributed by atoms with Gasteiger partial charge in [-0.15, -0.1) is 11.8 Å². The second-order valence-corrected chi connectivity index (χ2v) is 12.6. The number of ether oxygens (including phenoxy) is 1. The SMILES string of the molecule is CC[C@@H](CO)N1C(=O)[C@@H]2[C@@H]3C(=O)OCCCC/C=C\[C@]3(C)S[C@@]23C=CCN(c2ccc(Cl)cc2)C(=O)C13. The third-order valence-electron chi connectivity index (χ3n) is 8.15. The molecule has 4 aliphatic rings. The van der Waals surface area contributed by atoms with Gasteiger partial charge in [-0.1, -0.05) is 42.8 Å². The van der Waals surface area contributed by atoms with Crippen LogP contribution in [0, 0.1) is 11.8 Å². The zero-order valence-corrected chi connectivity index (χ0v) is 22.7. The van der Waals surface area contributed by atoms with Crippen molar-refractivity contribution in [2.75, 3.05) is 24.7 Å². The van der Waals surface area contributed by atoms with Crippen LogP contribution < -0.4 is 4.90 Å². The number of likely N-dealkylation sites (tertiary alicyclic amines) is 1. The van der Waals surface area contributed by atoms with Gasteiger partial charge in [0.15, 0.2) is 0 Å². The standard InChI is InChI=1S/C28H33ClN2O5S/c1-3-19(17-32)31-23-25(34)30(20-11-9-18(29)10-12-20)15-8-14-28(23)21(24(31)33)22-26(35)36-16-7-5-4-6-13-27(22,2)37-28/h6,8-14,19,21-23,32H,3-5,7,15-17H2,1-2H3/b13-6-/t19-,21-,22+,23?,27-,28-/m0/s1. The number of aliphatic hydroxyl groups excluding tert-OH is 1. The molecule has 2 fully saturated rings. The van der Waals surface area contributed by atoms with E-state index in [0.717, 1.165) is 19.3 Å². The lowest BCUT2D eigenvalue weighted by atomic mass is 9.74. The Kier molecular flexibility index (Phi) is 7.20. The normalized spacial score (nSPS) is 35.4. The summed E-state index contributed by atoms with van der Waals surface area (Å²) in [5, 5.41) is 10.8. The van der Waals surface area contributed by atoms with Gasteiger partial charge in [0.1, 0.15) is 6.04 Å². The smallest absolute Gasteiger partial charge is 0.311 e. The topological polar surface area (TPSA) is 87.2 Å². The number of rotatable bonds is 4. The molecule has 2 amide bonds. The Morgan fingerprint density at radius 3 is 2.57 bits per heavy atom. The monoisotopic (exact) mass is 544 g/mol. The third-order valence-corrected chi connectivity index (χ3v) is 10.2. The highest BCUT2D eigenvalue weighted by molar-refractivity contribution is 8.02. The van der Waals surface area contributed by atoms with Crippen molar-refractivity contribution >= 4 is 46.8 Å². The summed E-state index contributed by atoms with van der Waals surface area (Å²) in [4.78, 5) is 45.5. The van der Waals surface area contributed by atoms with Crippen molar-refractivity contribution in [2.45, 2.75) is 61.1 Å². The van der Waals surface area contributed by atoms with E-state index in [9.17, 15) is 19.5 Å². The largest absolute Gasteiger partial charge is 0.465 e. The van der Waals surface area contributed by atoms with Gasteiger partial charge >= 0.3 is 5.97 Å². The number of nitrogens with zero attached hydrogens (tertiary/aromatic N) is 2. The first-order valence-electron chi connectivity index (χ1n) is 13.0. The molecule has 2 saturated heterocycles. The molecular weight excluding hydrogens is 512 g/mol. The van der Waals surface area contributed by atoms with Gasteiger partial charge in [0.05, 0.1) is 35.8 Å². The number of carbonyl (C=O) groups is 3. The van der Waals surface area contributed by atoms with Crippen LogP contribution in [0.5, 0.6) is 0 Å². The maximum atomic E-state index is 14.4. The Morgan fingerprint density at radius 1 is 1.11 bits per heavy atom. The second kappa shape index (κ2) is 10.1. The van der Waals surface area contributed by atoms with Crippen LogP contribution in [0.15, 0.2) is 48.6 Å².